The monoisotopic (exact) mass is 251 g/mol. The molecule has 0 radical (unpaired) electrons. The van der Waals surface area contributed by atoms with Crippen LogP contribution in [0, 0.1) is 23.2 Å². The van der Waals surface area contributed by atoms with Crippen LogP contribution in [0.2, 0.25) is 0 Å². The van der Waals surface area contributed by atoms with Crippen molar-refractivity contribution in [1.82, 2.24) is 5.32 Å². The Hall–Kier alpha value is -0.410. The Labute approximate surface area is 109 Å². The van der Waals surface area contributed by atoms with Gasteiger partial charge in [-0.05, 0) is 49.9 Å². The number of Topliss-reactive ketones (excluding diaryl/α,β-unsaturated/α-hetero) is 1. The van der Waals surface area contributed by atoms with Crippen molar-refractivity contribution < 1.29 is 9.90 Å². The van der Waals surface area contributed by atoms with Gasteiger partial charge in [-0.1, -0.05) is 12.8 Å². The van der Waals surface area contributed by atoms with Crippen molar-refractivity contribution in [2.24, 2.45) is 23.2 Å². The van der Waals surface area contributed by atoms with Gasteiger partial charge in [0.05, 0.1) is 13.2 Å². The molecule has 2 N–H and O–H groups in total. The van der Waals surface area contributed by atoms with Gasteiger partial charge in [0.2, 0.25) is 0 Å². The fourth-order valence-corrected chi connectivity index (χ4v) is 5.00. The molecule has 18 heavy (non-hydrogen) atoms. The molecule has 0 saturated heterocycles. The lowest BCUT2D eigenvalue weighted by atomic mass is 9.57. The third kappa shape index (κ3) is 2.23. The van der Waals surface area contributed by atoms with Gasteiger partial charge in [0, 0.05) is 12.0 Å². The average molecular weight is 251 g/mol. The Bertz CT molecular complexity index is 312. The number of carbonyl (C=O) groups excluding carboxylic acids is 1. The minimum Gasteiger partial charge on any atom is -0.395 e. The molecule has 4 aliphatic carbocycles. The van der Waals surface area contributed by atoms with E-state index in [1.165, 1.54) is 25.7 Å². The molecule has 3 nitrogen and oxygen atoms in total. The summed E-state index contributed by atoms with van der Waals surface area (Å²) in [5.41, 5.74) is 0.00938. The zero-order chi connectivity index (χ0) is 12.6. The van der Waals surface area contributed by atoms with E-state index in [1.807, 2.05) is 0 Å². The fraction of sp³-hybridized carbons (Fsp3) is 0.933. The van der Waals surface area contributed by atoms with Gasteiger partial charge in [-0.15, -0.1) is 0 Å². The first-order valence-electron chi connectivity index (χ1n) is 7.57. The van der Waals surface area contributed by atoms with Crippen LogP contribution in [0.5, 0.6) is 0 Å². The van der Waals surface area contributed by atoms with E-state index in [0.717, 1.165) is 37.0 Å². The zero-order valence-electron chi connectivity index (χ0n) is 11.2. The highest BCUT2D eigenvalue weighted by Gasteiger charge is 2.51. The van der Waals surface area contributed by atoms with Gasteiger partial charge in [0.1, 0.15) is 0 Å². The molecule has 4 aliphatic rings. The summed E-state index contributed by atoms with van der Waals surface area (Å²) < 4.78 is 0. The Morgan fingerprint density at radius 1 is 1.11 bits per heavy atom. The first kappa shape index (κ1) is 12.6. The number of hydrogen-bond donors (Lipinski definition) is 2. The highest BCUT2D eigenvalue weighted by molar-refractivity contribution is 5.87. The zero-order valence-corrected chi connectivity index (χ0v) is 11.2. The summed E-state index contributed by atoms with van der Waals surface area (Å²) in [5, 5.41) is 11.9. The van der Waals surface area contributed by atoms with Crippen LogP contribution in [0.4, 0.5) is 0 Å². The predicted octanol–water partition coefficient (Wildman–Crippen LogP) is 1.74. The smallest absolute Gasteiger partial charge is 0.152 e. The van der Waals surface area contributed by atoms with Crippen LogP contribution in [0.3, 0.4) is 0 Å². The van der Waals surface area contributed by atoms with Crippen LogP contribution in [0.25, 0.3) is 0 Å². The van der Waals surface area contributed by atoms with Gasteiger partial charge >= 0.3 is 0 Å². The van der Waals surface area contributed by atoms with E-state index in [2.05, 4.69) is 5.32 Å². The highest BCUT2D eigenvalue weighted by atomic mass is 16.3. The maximum absolute atomic E-state index is 12.6. The lowest BCUT2D eigenvalue weighted by Gasteiger charge is -2.47. The summed E-state index contributed by atoms with van der Waals surface area (Å²) in [7, 11) is 0. The Morgan fingerprint density at radius 3 is 2.33 bits per heavy atom. The Kier molecular flexibility index (Phi) is 3.46. The summed E-state index contributed by atoms with van der Waals surface area (Å²) in [4.78, 5) is 12.6. The molecule has 4 fully saturated rings. The van der Waals surface area contributed by atoms with Crippen molar-refractivity contribution >= 4 is 5.78 Å². The maximum Gasteiger partial charge on any atom is 0.152 e. The molecule has 3 heteroatoms. The van der Waals surface area contributed by atoms with Crippen LogP contribution in [0.15, 0.2) is 0 Å². The highest BCUT2D eigenvalue weighted by Crippen LogP contribution is 2.57. The van der Waals surface area contributed by atoms with Crippen molar-refractivity contribution in [3.05, 3.63) is 0 Å². The van der Waals surface area contributed by atoms with Gasteiger partial charge in [-0.2, -0.15) is 0 Å². The molecule has 0 aromatic carbocycles. The number of aliphatic hydroxyl groups excluding tert-OH is 1. The number of fused-ring (bicyclic) bond motifs is 1. The second-order valence-electron chi connectivity index (χ2n) is 6.86. The van der Waals surface area contributed by atoms with Crippen molar-refractivity contribution in [1.29, 1.82) is 0 Å². The summed E-state index contributed by atoms with van der Waals surface area (Å²) in [5.74, 6) is 2.89. The molecule has 4 atom stereocenters. The molecular formula is C15H25NO2. The van der Waals surface area contributed by atoms with E-state index in [0.29, 0.717) is 18.9 Å². The fourth-order valence-electron chi connectivity index (χ4n) is 5.00. The lowest BCUT2D eigenvalue weighted by molar-refractivity contribution is -0.135. The van der Waals surface area contributed by atoms with E-state index in [1.54, 1.807) is 0 Å². The van der Waals surface area contributed by atoms with Crippen molar-refractivity contribution in [2.75, 3.05) is 19.7 Å². The molecular weight excluding hydrogens is 226 g/mol. The van der Waals surface area contributed by atoms with Gasteiger partial charge < -0.3 is 10.4 Å². The summed E-state index contributed by atoms with van der Waals surface area (Å²) in [6.07, 6.45) is 8.95. The van der Waals surface area contributed by atoms with Crippen molar-refractivity contribution in [3.63, 3.8) is 0 Å². The topological polar surface area (TPSA) is 49.3 Å². The summed E-state index contributed by atoms with van der Waals surface area (Å²) in [6.45, 7) is 1.12. The van der Waals surface area contributed by atoms with Crippen molar-refractivity contribution in [3.8, 4) is 0 Å². The minimum atomic E-state index is 0.00938. The molecule has 0 aromatic heterocycles. The molecule has 0 amide bonds. The molecule has 0 aliphatic heterocycles. The van der Waals surface area contributed by atoms with E-state index in [-0.39, 0.29) is 12.0 Å². The van der Waals surface area contributed by atoms with Crippen LogP contribution in [-0.2, 0) is 4.79 Å². The number of rotatable bonds is 5. The second-order valence-corrected chi connectivity index (χ2v) is 6.86. The maximum atomic E-state index is 12.6. The normalized spacial score (nSPS) is 41.9. The predicted molar refractivity (Wildman–Crippen MR) is 70.2 cm³/mol. The van der Waals surface area contributed by atoms with Gasteiger partial charge in [-0.3, -0.25) is 4.79 Å². The van der Waals surface area contributed by atoms with Crippen LogP contribution in [0.1, 0.15) is 44.9 Å². The molecule has 102 valence electrons. The molecule has 4 saturated carbocycles. The minimum absolute atomic E-state index is 0.00938. The molecule has 4 rings (SSSR count). The van der Waals surface area contributed by atoms with Crippen LogP contribution < -0.4 is 5.32 Å². The molecule has 2 unspecified atom stereocenters. The number of aliphatic hydroxyl groups is 1. The van der Waals surface area contributed by atoms with Crippen LogP contribution in [-0.4, -0.2) is 30.6 Å². The first-order valence-corrected chi connectivity index (χ1v) is 7.57. The number of nitrogens with one attached hydrogen (secondary N) is 1. The molecule has 0 aromatic rings. The SMILES string of the molecule is O=C(CNCCO)C12CC3C[C@@H](CC[C@@H](C3)C1)C2. The Balaban J connectivity index is 1.71. The summed E-state index contributed by atoms with van der Waals surface area (Å²) in [6, 6.07) is 0. The van der Waals surface area contributed by atoms with E-state index in [9.17, 15) is 4.79 Å². The standard InChI is InChI=1S/C15H25NO2/c17-4-3-16-10-14(18)15-7-11-1-2-12(8-15)6-13(5-11)9-15/h11-13,16-17H,1-10H2/t11-,12+,13?,15?. The van der Waals surface area contributed by atoms with E-state index < -0.39 is 0 Å². The van der Waals surface area contributed by atoms with Gasteiger partial charge in [0.15, 0.2) is 5.78 Å². The van der Waals surface area contributed by atoms with E-state index in [4.69, 9.17) is 5.11 Å². The lowest BCUT2D eigenvalue weighted by Crippen LogP contribution is -2.46. The molecule has 4 bridgehead atoms. The summed E-state index contributed by atoms with van der Waals surface area (Å²) >= 11 is 0. The van der Waals surface area contributed by atoms with Gasteiger partial charge in [0.25, 0.3) is 0 Å². The third-order valence-corrected chi connectivity index (χ3v) is 5.52. The first-order chi connectivity index (χ1) is 8.72. The van der Waals surface area contributed by atoms with E-state index >= 15 is 0 Å². The van der Waals surface area contributed by atoms with Crippen molar-refractivity contribution in [2.45, 2.75) is 44.9 Å². The number of hydrogen-bond acceptors (Lipinski definition) is 3. The molecule has 0 spiro atoms. The number of ketones is 1. The van der Waals surface area contributed by atoms with Gasteiger partial charge in [-0.25, -0.2) is 0 Å². The second kappa shape index (κ2) is 4.93. The quantitative estimate of drug-likeness (QED) is 0.732. The largest absolute Gasteiger partial charge is 0.395 e. The average Bonchev–Trinajstić information content (AvgIpc) is 2.56. The molecule has 0 heterocycles. The van der Waals surface area contributed by atoms with Crippen LogP contribution >= 0.6 is 0 Å². The third-order valence-electron chi connectivity index (χ3n) is 5.52. The number of carbonyl (C=O) groups is 1. The Morgan fingerprint density at radius 2 is 1.72 bits per heavy atom.